The van der Waals surface area contributed by atoms with Gasteiger partial charge >= 0.3 is 11.6 Å². The third kappa shape index (κ3) is 5.45. The number of fused-ring (bicyclic) bond motifs is 1. The molecule has 0 bridgehead atoms. The highest BCUT2D eigenvalue weighted by Crippen LogP contribution is 2.21. The number of nitrogens with one attached hydrogen (secondary N) is 1. The summed E-state index contributed by atoms with van der Waals surface area (Å²) in [4.78, 5) is 46.9. The molecule has 0 radical (unpaired) electrons. The van der Waals surface area contributed by atoms with Crippen LogP contribution in [-0.4, -0.2) is 22.8 Å². The molecule has 9 nitrogen and oxygen atoms in total. The Morgan fingerprint density at radius 1 is 1.22 bits per heavy atom. The summed E-state index contributed by atoms with van der Waals surface area (Å²) in [5.41, 5.74) is -0.385. The van der Waals surface area contributed by atoms with Gasteiger partial charge in [-0.25, -0.2) is 9.59 Å². The van der Waals surface area contributed by atoms with Gasteiger partial charge in [0.15, 0.2) is 0 Å². The van der Waals surface area contributed by atoms with Crippen molar-refractivity contribution >= 4 is 34.6 Å². The highest BCUT2D eigenvalue weighted by molar-refractivity contribution is 5.97. The molecule has 3 rings (SSSR count). The Morgan fingerprint density at radius 3 is 2.72 bits per heavy atom. The number of non-ortho nitro benzene ring substituents is 1. The maximum atomic E-state index is 12.3. The number of carbonyl (C=O) groups excluding carboxylic acids is 2. The average molecular weight is 436 g/mol. The molecule has 1 amide bonds. The van der Waals surface area contributed by atoms with E-state index in [2.05, 4.69) is 5.32 Å². The van der Waals surface area contributed by atoms with E-state index >= 15 is 0 Å². The van der Waals surface area contributed by atoms with Crippen LogP contribution in [0.15, 0.2) is 63.8 Å². The van der Waals surface area contributed by atoms with E-state index < -0.39 is 22.4 Å². The van der Waals surface area contributed by atoms with E-state index in [1.165, 1.54) is 42.5 Å². The van der Waals surface area contributed by atoms with Crippen LogP contribution >= 0.6 is 0 Å². The molecule has 32 heavy (non-hydrogen) atoms. The zero-order valence-corrected chi connectivity index (χ0v) is 17.4. The van der Waals surface area contributed by atoms with Crippen molar-refractivity contribution < 1.29 is 23.7 Å². The largest absolute Gasteiger partial charge is 0.423 e. The topological polar surface area (TPSA) is 129 Å². The van der Waals surface area contributed by atoms with Crippen LogP contribution in [0.3, 0.4) is 0 Å². The molecule has 1 unspecified atom stereocenters. The number of hydrogen-bond acceptors (Lipinski definition) is 7. The van der Waals surface area contributed by atoms with E-state index in [4.69, 9.17) is 9.15 Å². The van der Waals surface area contributed by atoms with Crippen LogP contribution in [0, 0.1) is 10.1 Å². The minimum Gasteiger partial charge on any atom is -0.423 e. The minimum atomic E-state index is -0.799. The van der Waals surface area contributed by atoms with Crippen molar-refractivity contribution in [3.8, 4) is 5.75 Å². The van der Waals surface area contributed by atoms with Crippen LogP contribution in [0.1, 0.15) is 36.2 Å². The van der Waals surface area contributed by atoms with Gasteiger partial charge in [0, 0.05) is 35.7 Å². The molecule has 9 heteroatoms. The van der Waals surface area contributed by atoms with Gasteiger partial charge in [0.2, 0.25) is 0 Å². The summed E-state index contributed by atoms with van der Waals surface area (Å²) < 4.78 is 10.4. The summed E-state index contributed by atoms with van der Waals surface area (Å²) in [6, 6.07) is 11.5. The Kier molecular flexibility index (Phi) is 6.79. The van der Waals surface area contributed by atoms with Gasteiger partial charge in [0.1, 0.15) is 16.9 Å². The molecular formula is C23H20N2O7. The molecule has 3 aromatic rings. The van der Waals surface area contributed by atoms with Crippen molar-refractivity contribution in [3.63, 3.8) is 0 Å². The number of nitro groups is 1. The van der Waals surface area contributed by atoms with Crippen LogP contribution in [0.25, 0.3) is 17.0 Å². The number of ether oxygens (including phenoxy) is 1. The second kappa shape index (κ2) is 9.69. The van der Waals surface area contributed by atoms with Crippen molar-refractivity contribution in [2.75, 3.05) is 0 Å². The summed E-state index contributed by atoms with van der Waals surface area (Å²) in [5, 5.41) is 14.0. The molecule has 0 aliphatic rings. The number of nitrogens with zero attached hydrogens (tertiary/aromatic N) is 1. The Morgan fingerprint density at radius 2 is 2.00 bits per heavy atom. The van der Waals surface area contributed by atoms with Crippen LogP contribution in [0.5, 0.6) is 5.75 Å². The Bertz CT molecular complexity index is 1280. The van der Waals surface area contributed by atoms with Crippen LogP contribution in [0.2, 0.25) is 0 Å². The summed E-state index contributed by atoms with van der Waals surface area (Å²) in [5.74, 6) is -1.11. The molecule has 0 aliphatic heterocycles. The summed E-state index contributed by atoms with van der Waals surface area (Å²) in [6.07, 6.45) is 3.23. The first-order chi connectivity index (χ1) is 15.3. The molecule has 0 spiro atoms. The van der Waals surface area contributed by atoms with Gasteiger partial charge in [-0.3, -0.25) is 14.9 Å². The van der Waals surface area contributed by atoms with E-state index in [0.717, 1.165) is 12.5 Å². The number of esters is 1. The molecule has 164 valence electrons. The SMILES string of the molecule is CCC(C)NC(=O)c1cc2ccc(OC(=O)/C=C/c3cccc([N+](=O)[O-])c3)cc2oc1=O. The van der Waals surface area contributed by atoms with Gasteiger partial charge in [0.25, 0.3) is 11.6 Å². The van der Waals surface area contributed by atoms with Crippen molar-refractivity contribution in [1.82, 2.24) is 5.32 Å². The van der Waals surface area contributed by atoms with Gasteiger partial charge in [-0.15, -0.1) is 0 Å². The van der Waals surface area contributed by atoms with Gasteiger partial charge in [-0.2, -0.15) is 0 Å². The molecule has 0 aliphatic carbocycles. The lowest BCUT2D eigenvalue weighted by atomic mass is 10.1. The third-order valence-corrected chi connectivity index (χ3v) is 4.65. The Hall–Kier alpha value is -4.27. The zero-order valence-electron chi connectivity index (χ0n) is 17.4. The fourth-order valence-electron chi connectivity index (χ4n) is 2.77. The smallest absolute Gasteiger partial charge is 0.349 e. The highest BCUT2D eigenvalue weighted by Gasteiger charge is 2.16. The number of nitro benzene ring substituents is 1. The minimum absolute atomic E-state index is 0.0885. The molecule has 0 fully saturated rings. The molecule has 0 saturated heterocycles. The highest BCUT2D eigenvalue weighted by atomic mass is 16.6. The maximum Gasteiger partial charge on any atom is 0.349 e. The first-order valence-electron chi connectivity index (χ1n) is 9.80. The standard InChI is InChI=1S/C23H20N2O7/c1-3-14(2)24-22(27)19-12-16-8-9-18(13-20(16)32-23(19)28)31-21(26)10-7-15-5-4-6-17(11-15)25(29)30/h4-14H,3H2,1-2H3,(H,24,27)/b10-7+. The molecule has 1 atom stereocenters. The maximum absolute atomic E-state index is 12.3. The van der Waals surface area contributed by atoms with Gasteiger partial charge in [-0.05, 0) is 43.2 Å². The molecule has 1 aromatic heterocycles. The first-order valence-corrected chi connectivity index (χ1v) is 9.80. The molecule has 0 saturated carbocycles. The number of hydrogen-bond donors (Lipinski definition) is 1. The van der Waals surface area contributed by atoms with E-state index in [9.17, 15) is 24.5 Å². The number of benzene rings is 2. The summed E-state index contributed by atoms with van der Waals surface area (Å²) in [7, 11) is 0. The van der Waals surface area contributed by atoms with Crippen LogP contribution in [0.4, 0.5) is 5.69 Å². The predicted octanol–water partition coefficient (Wildman–Crippen LogP) is 3.85. The van der Waals surface area contributed by atoms with Crippen molar-refractivity contribution in [1.29, 1.82) is 0 Å². The zero-order chi connectivity index (χ0) is 23.3. The quantitative estimate of drug-likeness (QED) is 0.149. The van der Waals surface area contributed by atoms with Crippen molar-refractivity contribution in [2.24, 2.45) is 0 Å². The van der Waals surface area contributed by atoms with Gasteiger partial charge in [0.05, 0.1) is 4.92 Å². The lowest BCUT2D eigenvalue weighted by Gasteiger charge is -2.11. The van der Waals surface area contributed by atoms with E-state index in [1.807, 2.05) is 13.8 Å². The van der Waals surface area contributed by atoms with Crippen molar-refractivity contribution in [2.45, 2.75) is 26.3 Å². The second-order valence-electron chi connectivity index (χ2n) is 7.04. The van der Waals surface area contributed by atoms with Gasteiger partial charge in [-0.1, -0.05) is 19.1 Å². The summed E-state index contributed by atoms with van der Waals surface area (Å²) in [6.45, 7) is 3.74. The first kappa shape index (κ1) is 22.4. The lowest BCUT2D eigenvalue weighted by Crippen LogP contribution is -2.34. The summed E-state index contributed by atoms with van der Waals surface area (Å²) >= 11 is 0. The van der Waals surface area contributed by atoms with Gasteiger partial charge < -0.3 is 14.5 Å². The normalized spacial score (nSPS) is 11.9. The van der Waals surface area contributed by atoms with E-state index in [-0.39, 0.29) is 28.6 Å². The lowest BCUT2D eigenvalue weighted by molar-refractivity contribution is -0.384. The fourth-order valence-corrected chi connectivity index (χ4v) is 2.77. The Labute approximate surface area is 182 Å². The number of amides is 1. The monoisotopic (exact) mass is 436 g/mol. The molecule has 1 heterocycles. The number of carbonyl (C=O) groups is 2. The average Bonchev–Trinajstić information content (AvgIpc) is 2.77. The molecule has 2 aromatic carbocycles. The van der Waals surface area contributed by atoms with E-state index in [0.29, 0.717) is 10.9 Å². The van der Waals surface area contributed by atoms with Crippen LogP contribution in [-0.2, 0) is 4.79 Å². The second-order valence-corrected chi connectivity index (χ2v) is 7.04. The Balaban J connectivity index is 1.75. The molecular weight excluding hydrogens is 416 g/mol. The van der Waals surface area contributed by atoms with Crippen LogP contribution < -0.4 is 15.7 Å². The predicted molar refractivity (Wildman–Crippen MR) is 117 cm³/mol. The fraction of sp³-hybridized carbons (Fsp3) is 0.174. The third-order valence-electron chi connectivity index (χ3n) is 4.65. The van der Waals surface area contributed by atoms with E-state index in [1.54, 1.807) is 12.1 Å². The number of rotatable bonds is 7. The van der Waals surface area contributed by atoms with Crippen molar-refractivity contribution in [3.05, 3.63) is 86.3 Å². The molecule has 1 N–H and O–H groups in total.